The normalized spacial score (nSPS) is 18.3. The number of carbonyl (C=O) groups excluding carboxylic acids is 1. The van der Waals surface area contributed by atoms with Crippen LogP contribution in [0.25, 0.3) is 5.65 Å². The number of carbonyl (C=O) groups is 1. The number of aromatic nitrogens is 3. The van der Waals surface area contributed by atoms with Crippen molar-refractivity contribution in [3.05, 3.63) is 29.2 Å². The molecule has 2 aromatic heterocycles. The summed E-state index contributed by atoms with van der Waals surface area (Å²) in [6.45, 7) is 4.31. The average molecular weight is 354 g/mol. The topological polar surface area (TPSA) is 50.5 Å². The first-order valence-corrected chi connectivity index (χ1v) is 8.61. The minimum Gasteiger partial charge on any atom is -0.334 e. The second kappa shape index (κ2) is 6.65. The first-order chi connectivity index (χ1) is 11.8. The SMILES string of the molecule is CCCC(=O)N1CCC[C@@H]1c1cc2nc(CC)cc(C(F)(F)F)n2n1. The third kappa shape index (κ3) is 3.34. The third-order valence-corrected chi connectivity index (χ3v) is 4.53. The lowest BCUT2D eigenvalue weighted by molar-refractivity contribution is -0.142. The van der Waals surface area contributed by atoms with Gasteiger partial charge in [0.2, 0.25) is 5.91 Å². The van der Waals surface area contributed by atoms with E-state index in [1.165, 1.54) is 0 Å². The average Bonchev–Trinajstić information content (AvgIpc) is 3.19. The summed E-state index contributed by atoms with van der Waals surface area (Å²) in [5.41, 5.74) is 0.200. The number of likely N-dealkylation sites (tertiary alicyclic amines) is 1. The molecule has 1 amide bonds. The molecule has 2 aromatic rings. The molecular formula is C17H21F3N4O. The Morgan fingerprint density at radius 3 is 2.72 bits per heavy atom. The molecule has 0 radical (unpaired) electrons. The van der Waals surface area contributed by atoms with Gasteiger partial charge in [-0.3, -0.25) is 4.79 Å². The van der Waals surface area contributed by atoms with E-state index in [4.69, 9.17) is 0 Å². The number of hydrogen-bond acceptors (Lipinski definition) is 3. The van der Waals surface area contributed by atoms with E-state index >= 15 is 0 Å². The Morgan fingerprint density at radius 1 is 1.32 bits per heavy atom. The largest absolute Gasteiger partial charge is 0.433 e. The summed E-state index contributed by atoms with van der Waals surface area (Å²) in [4.78, 5) is 18.3. The van der Waals surface area contributed by atoms with Crippen molar-refractivity contribution in [1.82, 2.24) is 19.5 Å². The fourth-order valence-corrected chi connectivity index (χ4v) is 3.32. The van der Waals surface area contributed by atoms with E-state index in [1.54, 1.807) is 17.9 Å². The molecule has 0 bridgehead atoms. The van der Waals surface area contributed by atoms with E-state index in [0.717, 1.165) is 23.4 Å². The highest BCUT2D eigenvalue weighted by Gasteiger charge is 2.36. The van der Waals surface area contributed by atoms with Crippen LogP contribution in [0.15, 0.2) is 12.1 Å². The van der Waals surface area contributed by atoms with Crippen LogP contribution < -0.4 is 0 Å². The van der Waals surface area contributed by atoms with Crippen LogP contribution in [0.2, 0.25) is 0 Å². The van der Waals surface area contributed by atoms with Crippen LogP contribution in [0, 0.1) is 0 Å². The highest BCUT2D eigenvalue weighted by Crippen LogP contribution is 2.34. The number of alkyl halides is 3. The van der Waals surface area contributed by atoms with E-state index in [9.17, 15) is 18.0 Å². The van der Waals surface area contributed by atoms with Crippen LogP contribution in [0.5, 0.6) is 0 Å². The molecule has 1 aliphatic rings. The van der Waals surface area contributed by atoms with Gasteiger partial charge < -0.3 is 4.90 Å². The van der Waals surface area contributed by atoms with Gasteiger partial charge in [-0.2, -0.15) is 18.3 Å². The predicted octanol–water partition coefficient (Wildman–Crippen LogP) is 3.77. The molecule has 0 N–H and O–H groups in total. The highest BCUT2D eigenvalue weighted by molar-refractivity contribution is 5.77. The molecule has 8 heteroatoms. The molecule has 0 aliphatic carbocycles. The van der Waals surface area contributed by atoms with E-state index < -0.39 is 11.9 Å². The maximum atomic E-state index is 13.4. The van der Waals surface area contributed by atoms with Gasteiger partial charge in [0, 0.05) is 24.7 Å². The summed E-state index contributed by atoms with van der Waals surface area (Å²) in [5, 5.41) is 4.17. The van der Waals surface area contributed by atoms with Gasteiger partial charge in [-0.25, -0.2) is 9.50 Å². The first kappa shape index (κ1) is 17.7. The van der Waals surface area contributed by atoms with E-state index in [2.05, 4.69) is 10.1 Å². The molecule has 0 unspecified atom stereocenters. The number of aryl methyl sites for hydroxylation is 1. The fourth-order valence-electron chi connectivity index (χ4n) is 3.32. The lowest BCUT2D eigenvalue weighted by Crippen LogP contribution is -2.30. The van der Waals surface area contributed by atoms with Crippen molar-refractivity contribution < 1.29 is 18.0 Å². The molecule has 3 rings (SSSR count). The second-order valence-electron chi connectivity index (χ2n) is 6.32. The van der Waals surface area contributed by atoms with Crippen LogP contribution >= 0.6 is 0 Å². The maximum Gasteiger partial charge on any atom is 0.433 e. The van der Waals surface area contributed by atoms with Gasteiger partial charge >= 0.3 is 6.18 Å². The zero-order valence-corrected chi connectivity index (χ0v) is 14.3. The molecule has 3 heterocycles. The highest BCUT2D eigenvalue weighted by atomic mass is 19.4. The Morgan fingerprint density at radius 2 is 2.08 bits per heavy atom. The lowest BCUT2D eigenvalue weighted by atomic mass is 10.1. The van der Waals surface area contributed by atoms with Gasteiger partial charge in [0.25, 0.3) is 0 Å². The zero-order chi connectivity index (χ0) is 18.2. The summed E-state index contributed by atoms with van der Waals surface area (Å²) < 4.78 is 41.0. The number of amides is 1. The Labute approximate surface area is 143 Å². The van der Waals surface area contributed by atoms with Crippen molar-refractivity contribution in [3.8, 4) is 0 Å². The number of halogens is 3. The summed E-state index contributed by atoms with van der Waals surface area (Å²) >= 11 is 0. The minimum atomic E-state index is -4.51. The third-order valence-electron chi connectivity index (χ3n) is 4.53. The Hall–Kier alpha value is -2.12. The van der Waals surface area contributed by atoms with Gasteiger partial charge in [0.05, 0.1) is 11.7 Å². The summed E-state index contributed by atoms with van der Waals surface area (Å²) in [7, 11) is 0. The van der Waals surface area contributed by atoms with Gasteiger partial charge in [0.15, 0.2) is 5.65 Å². The van der Waals surface area contributed by atoms with Crippen molar-refractivity contribution in [2.24, 2.45) is 0 Å². The summed E-state index contributed by atoms with van der Waals surface area (Å²) in [6, 6.07) is 2.35. The van der Waals surface area contributed by atoms with E-state index in [-0.39, 0.29) is 17.6 Å². The molecule has 0 saturated carbocycles. The number of rotatable bonds is 4. The first-order valence-electron chi connectivity index (χ1n) is 8.61. The molecular weight excluding hydrogens is 333 g/mol. The summed E-state index contributed by atoms with van der Waals surface area (Å²) in [5.74, 6) is 0.0281. The van der Waals surface area contributed by atoms with Gasteiger partial charge in [-0.15, -0.1) is 0 Å². The monoisotopic (exact) mass is 354 g/mol. The molecule has 1 atom stereocenters. The van der Waals surface area contributed by atoms with Crippen LogP contribution in [-0.2, 0) is 17.4 Å². The van der Waals surface area contributed by atoms with Crippen LogP contribution in [0.1, 0.15) is 62.7 Å². The van der Waals surface area contributed by atoms with Crippen molar-refractivity contribution in [2.45, 2.75) is 58.2 Å². The molecule has 1 aliphatic heterocycles. The summed E-state index contributed by atoms with van der Waals surface area (Å²) in [6.07, 6.45) is -1.38. The smallest absolute Gasteiger partial charge is 0.334 e. The van der Waals surface area contributed by atoms with Crippen LogP contribution in [0.4, 0.5) is 13.2 Å². The fraction of sp³-hybridized carbons (Fsp3) is 0.588. The van der Waals surface area contributed by atoms with Crippen LogP contribution in [-0.4, -0.2) is 31.9 Å². The predicted molar refractivity (Wildman–Crippen MR) is 86.0 cm³/mol. The van der Waals surface area contributed by atoms with Gasteiger partial charge in [-0.05, 0) is 31.7 Å². The Balaban J connectivity index is 2.05. The Bertz CT molecular complexity index is 784. The number of fused-ring (bicyclic) bond motifs is 1. The van der Waals surface area contributed by atoms with Crippen molar-refractivity contribution in [1.29, 1.82) is 0 Å². The van der Waals surface area contributed by atoms with Crippen molar-refractivity contribution in [3.63, 3.8) is 0 Å². The van der Waals surface area contributed by atoms with Crippen molar-refractivity contribution in [2.75, 3.05) is 6.54 Å². The van der Waals surface area contributed by atoms with E-state index in [1.807, 2.05) is 6.92 Å². The lowest BCUT2D eigenvalue weighted by Gasteiger charge is -2.23. The van der Waals surface area contributed by atoms with Crippen molar-refractivity contribution >= 4 is 11.6 Å². The Kier molecular flexibility index (Phi) is 4.71. The quantitative estimate of drug-likeness (QED) is 0.840. The van der Waals surface area contributed by atoms with Crippen LogP contribution in [0.3, 0.4) is 0 Å². The molecule has 136 valence electrons. The molecule has 0 spiro atoms. The number of nitrogens with zero attached hydrogens (tertiary/aromatic N) is 4. The van der Waals surface area contributed by atoms with E-state index in [0.29, 0.717) is 37.2 Å². The second-order valence-corrected chi connectivity index (χ2v) is 6.32. The molecule has 1 fully saturated rings. The number of hydrogen-bond donors (Lipinski definition) is 0. The standard InChI is InChI=1S/C17H21F3N4O/c1-3-6-16(25)23-8-5-7-13(23)12-10-15-21-11(4-2)9-14(17(18,19)20)24(15)22-12/h9-10,13H,3-8H2,1-2H3/t13-/m1/s1. The molecule has 0 aromatic carbocycles. The minimum absolute atomic E-state index is 0.0281. The zero-order valence-electron chi connectivity index (χ0n) is 14.3. The van der Waals surface area contributed by atoms with Gasteiger partial charge in [-0.1, -0.05) is 13.8 Å². The maximum absolute atomic E-state index is 13.4. The molecule has 5 nitrogen and oxygen atoms in total. The van der Waals surface area contributed by atoms with Gasteiger partial charge in [0.1, 0.15) is 5.69 Å². The molecule has 25 heavy (non-hydrogen) atoms. The molecule has 1 saturated heterocycles.